The van der Waals surface area contributed by atoms with E-state index in [1.807, 2.05) is 0 Å². The Morgan fingerprint density at radius 2 is 1.90 bits per heavy atom. The van der Waals surface area contributed by atoms with Gasteiger partial charge in [0.15, 0.2) is 0 Å². The van der Waals surface area contributed by atoms with Gasteiger partial charge >= 0.3 is 0 Å². The zero-order valence-electron chi connectivity index (χ0n) is 10.9. The smallest absolute Gasteiger partial charge is 0.292 e. The summed E-state index contributed by atoms with van der Waals surface area (Å²) in [7, 11) is 0. The van der Waals surface area contributed by atoms with Crippen molar-refractivity contribution in [2.24, 2.45) is 5.73 Å². The number of primary amides is 1. The fourth-order valence-corrected chi connectivity index (χ4v) is 1.92. The third-order valence-corrected chi connectivity index (χ3v) is 3.13. The van der Waals surface area contributed by atoms with Gasteiger partial charge in [0.2, 0.25) is 5.91 Å². The number of halogens is 1. The lowest BCUT2D eigenvalue weighted by atomic mass is 10.1. The van der Waals surface area contributed by atoms with Crippen molar-refractivity contribution in [3.05, 3.63) is 68.7 Å². The van der Waals surface area contributed by atoms with Gasteiger partial charge in [0.1, 0.15) is 5.69 Å². The summed E-state index contributed by atoms with van der Waals surface area (Å²) in [5.74, 6) is -0.639. The molecular weight excluding hydrogens is 294 g/mol. The van der Waals surface area contributed by atoms with E-state index in [1.54, 1.807) is 24.3 Å². The molecule has 2 aromatic carbocycles. The van der Waals surface area contributed by atoms with Crippen molar-refractivity contribution in [2.45, 2.75) is 6.54 Å². The fourth-order valence-electron chi connectivity index (χ4n) is 1.79. The predicted octanol–water partition coefficient (Wildman–Crippen LogP) is 2.96. The molecule has 21 heavy (non-hydrogen) atoms. The van der Waals surface area contributed by atoms with E-state index in [4.69, 9.17) is 17.3 Å². The maximum absolute atomic E-state index is 11.2. The van der Waals surface area contributed by atoms with E-state index in [0.717, 1.165) is 5.56 Å². The average Bonchev–Trinajstić information content (AvgIpc) is 2.46. The predicted molar refractivity (Wildman–Crippen MR) is 80.4 cm³/mol. The number of carbonyl (C=O) groups is 1. The molecule has 7 heteroatoms. The Bertz CT molecular complexity index is 686. The summed E-state index contributed by atoms with van der Waals surface area (Å²) in [5.41, 5.74) is 6.42. The maximum atomic E-state index is 11.2. The van der Waals surface area contributed by atoms with Gasteiger partial charge in [0.25, 0.3) is 5.69 Å². The maximum Gasteiger partial charge on any atom is 0.292 e. The summed E-state index contributed by atoms with van der Waals surface area (Å²) in [5, 5.41) is 14.5. The van der Waals surface area contributed by atoms with Crippen molar-refractivity contribution >= 4 is 28.9 Å². The number of hydrogen-bond donors (Lipinski definition) is 2. The van der Waals surface area contributed by atoms with E-state index in [2.05, 4.69) is 5.32 Å². The topological polar surface area (TPSA) is 98.3 Å². The van der Waals surface area contributed by atoms with Crippen LogP contribution < -0.4 is 11.1 Å². The van der Waals surface area contributed by atoms with Crippen molar-refractivity contribution in [3.63, 3.8) is 0 Å². The number of anilines is 1. The van der Waals surface area contributed by atoms with E-state index >= 15 is 0 Å². The number of carbonyl (C=O) groups excluding carboxylic acids is 1. The van der Waals surface area contributed by atoms with Crippen LogP contribution in [0.15, 0.2) is 42.5 Å². The van der Waals surface area contributed by atoms with E-state index in [1.165, 1.54) is 18.2 Å². The van der Waals surface area contributed by atoms with Gasteiger partial charge in [-0.2, -0.15) is 0 Å². The molecule has 0 aliphatic heterocycles. The minimum absolute atomic E-state index is 0.117. The second kappa shape index (κ2) is 6.23. The van der Waals surface area contributed by atoms with Crippen LogP contribution >= 0.6 is 11.6 Å². The van der Waals surface area contributed by atoms with E-state index < -0.39 is 10.8 Å². The number of nitro benzene ring substituents is 1. The van der Waals surface area contributed by atoms with Gasteiger partial charge in [-0.05, 0) is 29.8 Å². The van der Waals surface area contributed by atoms with Crippen LogP contribution in [0.25, 0.3) is 0 Å². The van der Waals surface area contributed by atoms with E-state index in [9.17, 15) is 14.9 Å². The molecule has 3 N–H and O–H groups in total. The first-order valence-corrected chi connectivity index (χ1v) is 6.42. The molecule has 0 aliphatic carbocycles. The Labute approximate surface area is 125 Å². The molecule has 0 aliphatic rings. The number of hydrogen-bond acceptors (Lipinski definition) is 4. The Kier molecular flexibility index (Phi) is 4.39. The lowest BCUT2D eigenvalue weighted by Gasteiger charge is -2.08. The minimum atomic E-state index is -0.639. The highest BCUT2D eigenvalue weighted by Gasteiger charge is 2.15. The molecule has 0 fully saturated rings. The second-order valence-electron chi connectivity index (χ2n) is 4.33. The second-order valence-corrected chi connectivity index (χ2v) is 4.77. The Morgan fingerprint density at radius 1 is 1.24 bits per heavy atom. The van der Waals surface area contributed by atoms with Crippen LogP contribution in [0.2, 0.25) is 5.02 Å². The standard InChI is InChI=1S/C14H12ClN3O3/c15-11-4-1-9(2-5-11)8-17-12-7-10(14(16)19)3-6-13(12)18(20)21/h1-7,17H,8H2,(H2,16,19). The first-order chi connectivity index (χ1) is 9.97. The van der Waals surface area contributed by atoms with Gasteiger partial charge in [-0.1, -0.05) is 23.7 Å². The summed E-state index contributed by atoms with van der Waals surface area (Å²) in [6.07, 6.45) is 0. The summed E-state index contributed by atoms with van der Waals surface area (Å²) in [6, 6.07) is 11.0. The van der Waals surface area contributed by atoms with Gasteiger partial charge in [0.05, 0.1) is 4.92 Å². The van der Waals surface area contributed by atoms with Crippen LogP contribution in [-0.4, -0.2) is 10.8 Å². The van der Waals surface area contributed by atoms with Crippen LogP contribution in [0.1, 0.15) is 15.9 Å². The third kappa shape index (κ3) is 3.70. The SMILES string of the molecule is NC(=O)c1ccc([N+](=O)[O-])c(NCc2ccc(Cl)cc2)c1. The van der Waals surface area contributed by atoms with Crippen molar-refractivity contribution in [3.8, 4) is 0 Å². The number of nitro groups is 1. The molecule has 0 atom stereocenters. The van der Waals surface area contributed by atoms with Crippen LogP contribution in [0.4, 0.5) is 11.4 Å². The molecule has 2 aromatic rings. The first kappa shape index (κ1) is 14.8. The Morgan fingerprint density at radius 3 is 2.48 bits per heavy atom. The molecule has 0 aromatic heterocycles. The van der Waals surface area contributed by atoms with Gasteiger partial charge in [-0.3, -0.25) is 14.9 Å². The number of rotatable bonds is 5. The zero-order chi connectivity index (χ0) is 15.4. The molecule has 108 valence electrons. The fraction of sp³-hybridized carbons (Fsp3) is 0.0714. The van der Waals surface area contributed by atoms with E-state index in [0.29, 0.717) is 11.6 Å². The Balaban J connectivity index is 2.24. The monoisotopic (exact) mass is 305 g/mol. The number of benzene rings is 2. The molecule has 0 saturated carbocycles. The van der Waals surface area contributed by atoms with Crippen LogP contribution in [-0.2, 0) is 6.54 Å². The summed E-state index contributed by atoms with van der Waals surface area (Å²) >= 11 is 5.79. The Hall–Kier alpha value is -2.60. The minimum Gasteiger partial charge on any atom is -0.375 e. The van der Waals surface area contributed by atoms with Gasteiger partial charge < -0.3 is 11.1 Å². The molecule has 6 nitrogen and oxygen atoms in total. The summed E-state index contributed by atoms with van der Waals surface area (Å²) in [4.78, 5) is 21.6. The number of amides is 1. The molecular formula is C14H12ClN3O3. The van der Waals surface area contributed by atoms with Crippen molar-refractivity contribution in [1.29, 1.82) is 0 Å². The van der Waals surface area contributed by atoms with Crippen LogP contribution in [0.5, 0.6) is 0 Å². The van der Waals surface area contributed by atoms with Crippen LogP contribution in [0.3, 0.4) is 0 Å². The van der Waals surface area contributed by atoms with Crippen molar-refractivity contribution in [1.82, 2.24) is 0 Å². The van der Waals surface area contributed by atoms with Gasteiger partial charge in [-0.25, -0.2) is 0 Å². The number of nitrogens with one attached hydrogen (secondary N) is 1. The summed E-state index contributed by atoms with van der Waals surface area (Å²) in [6.45, 7) is 0.361. The third-order valence-electron chi connectivity index (χ3n) is 2.87. The molecule has 0 heterocycles. The first-order valence-electron chi connectivity index (χ1n) is 6.04. The average molecular weight is 306 g/mol. The highest BCUT2D eigenvalue weighted by atomic mass is 35.5. The van der Waals surface area contributed by atoms with Crippen molar-refractivity contribution < 1.29 is 9.72 Å². The van der Waals surface area contributed by atoms with Gasteiger partial charge in [-0.15, -0.1) is 0 Å². The van der Waals surface area contributed by atoms with Crippen LogP contribution in [0, 0.1) is 10.1 Å². The zero-order valence-corrected chi connectivity index (χ0v) is 11.6. The highest BCUT2D eigenvalue weighted by molar-refractivity contribution is 6.30. The lowest BCUT2D eigenvalue weighted by molar-refractivity contribution is -0.384. The molecule has 0 unspecified atom stereocenters. The highest BCUT2D eigenvalue weighted by Crippen LogP contribution is 2.26. The van der Waals surface area contributed by atoms with E-state index in [-0.39, 0.29) is 16.9 Å². The molecule has 0 bridgehead atoms. The van der Waals surface area contributed by atoms with Crippen molar-refractivity contribution in [2.75, 3.05) is 5.32 Å². The number of nitrogens with two attached hydrogens (primary N) is 1. The largest absolute Gasteiger partial charge is 0.375 e. The quantitative estimate of drug-likeness (QED) is 0.655. The normalized spacial score (nSPS) is 10.1. The molecule has 0 spiro atoms. The lowest BCUT2D eigenvalue weighted by Crippen LogP contribution is -2.12. The summed E-state index contributed by atoms with van der Waals surface area (Å²) < 4.78 is 0. The molecule has 0 saturated heterocycles. The van der Waals surface area contributed by atoms with Gasteiger partial charge in [0, 0.05) is 23.2 Å². The number of nitrogens with zero attached hydrogens (tertiary/aromatic N) is 1. The molecule has 1 amide bonds. The molecule has 2 rings (SSSR count). The molecule has 0 radical (unpaired) electrons.